The molecule has 0 aliphatic heterocycles. The zero-order chi connectivity index (χ0) is 14.8. The van der Waals surface area contributed by atoms with E-state index in [1.54, 1.807) is 26.1 Å². The number of rotatable bonds is 4. The van der Waals surface area contributed by atoms with Crippen LogP contribution >= 0.6 is 12.4 Å². The number of hydrogen-bond donors (Lipinski definition) is 1. The number of likely N-dealkylation sites (N-methyl/N-ethyl adjacent to an activating group) is 1. The van der Waals surface area contributed by atoms with E-state index >= 15 is 0 Å². The van der Waals surface area contributed by atoms with Gasteiger partial charge in [0.1, 0.15) is 0 Å². The van der Waals surface area contributed by atoms with Crippen LogP contribution in [0.5, 0.6) is 0 Å². The van der Waals surface area contributed by atoms with Crippen molar-refractivity contribution in [1.29, 1.82) is 0 Å². The molecule has 0 saturated heterocycles. The van der Waals surface area contributed by atoms with Gasteiger partial charge in [0.2, 0.25) is 10.0 Å². The Morgan fingerprint density at radius 2 is 1.65 bits per heavy atom. The lowest BCUT2D eigenvalue weighted by Crippen LogP contribution is -2.39. The maximum absolute atomic E-state index is 12.4. The number of nitrogens with zero attached hydrogens (tertiary/aromatic N) is 1. The van der Waals surface area contributed by atoms with Crippen LogP contribution in [0.4, 0.5) is 0 Å². The minimum Gasteiger partial charge on any atom is -0.329 e. The van der Waals surface area contributed by atoms with E-state index in [1.165, 1.54) is 4.31 Å². The van der Waals surface area contributed by atoms with E-state index in [1.807, 2.05) is 12.1 Å². The zero-order valence-corrected chi connectivity index (χ0v) is 14.4. The highest BCUT2D eigenvalue weighted by Gasteiger charge is 2.25. The molecule has 0 bridgehead atoms. The molecular formula is C14H25ClN2O2S. The molecule has 1 unspecified atom stereocenters. The summed E-state index contributed by atoms with van der Waals surface area (Å²) in [5.41, 5.74) is 6.65. The van der Waals surface area contributed by atoms with Crippen LogP contribution in [0.3, 0.4) is 0 Å². The van der Waals surface area contributed by atoms with Gasteiger partial charge in [-0.1, -0.05) is 32.9 Å². The molecule has 0 saturated carbocycles. The first kappa shape index (κ1) is 19.4. The standard InChI is InChI=1S/C14H24N2O2S.ClH/c1-11(10-15)16(5)19(17,18)13-8-6-12(7-9-13)14(2,3)4;/h6-9,11H,10,15H2,1-5H3;1H. The number of benzene rings is 1. The Morgan fingerprint density at radius 1 is 1.20 bits per heavy atom. The van der Waals surface area contributed by atoms with Gasteiger partial charge in [0.05, 0.1) is 4.90 Å². The SMILES string of the molecule is CC(CN)N(C)S(=O)(=O)c1ccc(C(C)(C)C)cc1.Cl. The number of sulfonamides is 1. The molecule has 0 aromatic heterocycles. The van der Waals surface area contributed by atoms with Crippen LogP contribution < -0.4 is 5.73 Å². The summed E-state index contributed by atoms with van der Waals surface area (Å²) in [6, 6.07) is 6.85. The fourth-order valence-corrected chi connectivity index (χ4v) is 3.05. The lowest BCUT2D eigenvalue weighted by Gasteiger charge is -2.24. The van der Waals surface area contributed by atoms with E-state index in [0.29, 0.717) is 11.4 Å². The third-order valence-corrected chi connectivity index (χ3v) is 5.35. The molecule has 2 N–H and O–H groups in total. The summed E-state index contributed by atoms with van der Waals surface area (Å²) in [6.07, 6.45) is 0. The van der Waals surface area contributed by atoms with Gasteiger partial charge in [-0.2, -0.15) is 4.31 Å². The van der Waals surface area contributed by atoms with Crippen LogP contribution in [0, 0.1) is 0 Å². The summed E-state index contributed by atoms with van der Waals surface area (Å²) in [7, 11) is -1.90. The van der Waals surface area contributed by atoms with Crippen LogP contribution in [-0.2, 0) is 15.4 Å². The van der Waals surface area contributed by atoms with E-state index in [0.717, 1.165) is 5.56 Å². The number of hydrogen-bond acceptors (Lipinski definition) is 3. The highest BCUT2D eigenvalue weighted by Crippen LogP contribution is 2.24. The Bertz CT molecular complexity index is 521. The van der Waals surface area contributed by atoms with Crippen molar-refractivity contribution in [2.45, 2.75) is 44.0 Å². The van der Waals surface area contributed by atoms with E-state index < -0.39 is 10.0 Å². The van der Waals surface area contributed by atoms with E-state index in [-0.39, 0.29) is 23.9 Å². The van der Waals surface area contributed by atoms with Gasteiger partial charge in [0, 0.05) is 19.6 Å². The van der Waals surface area contributed by atoms with Crippen molar-refractivity contribution in [2.24, 2.45) is 5.73 Å². The minimum absolute atomic E-state index is 0. The third kappa shape index (κ3) is 4.19. The predicted molar refractivity (Wildman–Crippen MR) is 85.9 cm³/mol. The van der Waals surface area contributed by atoms with Crippen molar-refractivity contribution in [3.8, 4) is 0 Å². The summed E-state index contributed by atoms with van der Waals surface area (Å²) in [4.78, 5) is 0.309. The average Bonchev–Trinajstić information content (AvgIpc) is 2.36. The van der Waals surface area contributed by atoms with Gasteiger partial charge in [-0.25, -0.2) is 8.42 Å². The molecule has 6 heteroatoms. The minimum atomic E-state index is -3.46. The van der Waals surface area contributed by atoms with E-state index in [9.17, 15) is 8.42 Å². The molecule has 0 aliphatic rings. The molecule has 1 atom stereocenters. The third-order valence-electron chi connectivity index (χ3n) is 3.36. The molecule has 0 aliphatic carbocycles. The molecule has 20 heavy (non-hydrogen) atoms. The maximum atomic E-state index is 12.4. The second-order valence-corrected chi connectivity index (χ2v) is 7.88. The van der Waals surface area contributed by atoms with Crippen LogP contribution in [0.15, 0.2) is 29.2 Å². The average molecular weight is 321 g/mol. The number of halogens is 1. The monoisotopic (exact) mass is 320 g/mol. The van der Waals surface area contributed by atoms with E-state index in [2.05, 4.69) is 20.8 Å². The second kappa shape index (κ2) is 6.89. The van der Waals surface area contributed by atoms with Crippen molar-refractivity contribution >= 4 is 22.4 Å². The highest BCUT2D eigenvalue weighted by atomic mass is 35.5. The molecule has 116 valence electrons. The summed E-state index contributed by atoms with van der Waals surface area (Å²) < 4.78 is 26.0. The molecule has 0 heterocycles. The van der Waals surface area contributed by atoms with Crippen molar-refractivity contribution in [2.75, 3.05) is 13.6 Å². The van der Waals surface area contributed by atoms with Gasteiger partial charge in [-0.15, -0.1) is 12.4 Å². The van der Waals surface area contributed by atoms with Crippen LogP contribution in [0.1, 0.15) is 33.3 Å². The maximum Gasteiger partial charge on any atom is 0.243 e. The van der Waals surface area contributed by atoms with Crippen LogP contribution in [-0.4, -0.2) is 32.4 Å². The fraction of sp³-hybridized carbons (Fsp3) is 0.571. The largest absolute Gasteiger partial charge is 0.329 e. The molecule has 4 nitrogen and oxygen atoms in total. The molecule has 0 spiro atoms. The molecule has 1 aromatic carbocycles. The van der Waals surface area contributed by atoms with Crippen LogP contribution in [0.25, 0.3) is 0 Å². The first-order valence-corrected chi connectivity index (χ1v) is 7.83. The van der Waals surface area contributed by atoms with Gasteiger partial charge in [0.25, 0.3) is 0 Å². The van der Waals surface area contributed by atoms with Crippen molar-refractivity contribution in [1.82, 2.24) is 4.31 Å². The Kier molecular flexibility index (Phi) is 6.68. The zero-order valence-electron chi connectivity index (χ0n) is 12.8. The lowest BCUT2D eigenvalue weighted by atomic mass is 9.87. The van der Waals surface area contributed by atoms with Gasteiger partial charge in [-0.3, -0.25) is 0 Å². The smallest absolute Gasteiger partial charge is 0.243 e. The van der Waals surface area contributed by atoms with Crippen molar-refractivity contribution in [3.63, 3.8) is 0 Å². The Balaban J connectivity index is 0.00000361. The quantitative estimate of drug-likeness (QED) is 0.926. The molecular weight excluding hydrogens is 296 g/mol. The lowest BCUT2D eigenvalue weighted by molar-refractivity contribution is 0.394. The summed E-state index contributed by atoms with van der Waals surface area (Å²) in [5, 5.41) is 0. The topological polar surface area (TPSA) is 63.4 Å². The highest BCUT2D eigenvalue weighted by molar-refractivity contribution is 7.89. The van der Waals surface area contributed by atoms with Gasteiger partial charge < -0.3 is 5.73 Å². The second-order valence-electron chi connectivity index (χ2n) is 5.88. The predicted octanol–water partition coefficient (Wildman–Crippen LogP) is 2.37. The fourth-order valence-electron chi connectivity index (χ4n) is 1.68. The Morgan fingerprint density at radius 3 is 2.00 bits per heavy atom. The Labute approximate surface area is 128 Å². The molecule has 0 radical (unpaired) electrons. The van der Waals surface area contributed by atoms with Crippen molar-refractivity contribution < 1.29 is 8.42 Å². The number of nitrogens with two attached hydrogens (primary N) is 1. The molecule has 0 fully saturated rings. The van der Waals surface area contributed by atoms with Gasteiger partial charge >= 0.3 is 0 Å². The van der Waals surface area contributed by atoms with Gasteiger partial charge in [-0.05, 0) is 30.0 Å². The first-order chi connectivity index (χ1) is 8.60. The molecule has 0 amide bonds. The molecule has 1 aromatic rings. The normalized spacial score (nSPS) is 13.9. The summed E-state index contributed by atoms with van der Waals surface area (Å²) >= 11 is 0. The summed E-state index contributed by atoms with van der Waals surface area (Å²) in [6.45, 7) is 8.38. The Hall–Kier alpha value is -0.620. The molecule has 1 rings (SSSR count). The summed E-state index contributed by atoms with van der Waals surface area (Å²) in [5.74, 6) is 0. The first-order valence-electron chi connectivity index (χ1n) is 6.39. The van der Waals surface area contributed by atoms with Gasteiger partial charge in [0.15, 0.2) is 0 Å². The van der Waals surface area contributed by atoms with E-state index in [4.69, 9.17) is 5.73 Å². The van der Waals surface area contributed by atoms with Crippen LogP contribution in [0.2, 0.25) is 0 Å². The van der Waals surface area contributed by atoms with Crippen molar-refractivity contribution in [3.05, 3.63) is 29.8 Å².